The maximum atomic E-state index is 6.12. The summed E-state index contributed by atoms with van der Waals surface area (Å²) in [7, 11) is 1.67. The van der Waals surface area contributed by atoms with Gasteiger partial charge in [0.05, 0.1) is 7.11 Å². The molecule has 0 bridgehead atoms. The minimum Gasteiger partial charge on any atom is -0.494 e. The summed E-state index contributed by atoms with van der Waals surface area (Å²) in [6.07, 6.45) is 4.47. The molecule has 5 nitrogen and oxygen atoms in total. The number of para-hydroxylation sites is 1. The first-order chi connectivity index (χ1) is 13.7. The van der Waals surface area contributed by atoms with E-state index in [4.69, 9.17) is 14.5 Å². The van der Waals surface area contributed by atoms with Crippen molar-refractivity contribution in [2.45, 2.75) is 26.7 Å². The molecule has 1 aliphatic rings. The van der Waals surface area contributed by atoms with E-state index in [1.54, 1.807) is 7.11 Å². The van der Waals surface area contributed by atoms with Crippen molar-refractivity contribution in [1.29, 1.82) is 0 Å². The van der Waals surface area contributed by atoms with Gasteiger partial charge in [-0.15, -0.1) is 0 Å². The van der Waals surface area contributed by atoms with Crippen molar-refractivity contribution in [3.8, 4) is 22.9 Å². The second kappa shape index (κ2) is 8.15. The number of aromatic nitrogens is 2. The Hall–Kier alpha value is -2.66. The van der Waals surface area contributed by atoms with Crippen molar-refractivity contribution in [3.05, 3.63) is 47.7 Å². The van der Waals surface area contributed by atoms with Crippen LogP contribution in [0.1, 0.15) is 24.0 Å². The number of methoxy groups -OCH3 is 1. The smallest absolute Gasteiger partial charge is 0.159 e. The van der Waals surface area contributed by atoms with E-state index in [0.29, 0.717) is 5.82 Å². The zero-order valence-electron chi connectivity index (χ0n) is 16.9. The van der Waals surface area contributed by atoms with Crippen LogP contribution < -0.4 is 9.47 Å². The zero-order chi connectivity index (χ0) is 19.5. The van der Waals surface area contributed by atoms with E-state index in [-0.39, 0.29) is 0 Å². The lowest BCUT2D eigenvalue weighted by Gasteiger charge is -2.18. The van der Waals surface area contributed by atoms with Crippen LogP contribution in [0, 0.1) is 13.8 Å². The molecule has 0 unspecified atom stereocenters. The van der Waals surface area contributed by atoms with Crippen LogP contribution in [0.4, 0.5) is 0 Å². The fourth-order valence-electron chi connectivity index (χ4n) is 3.92. The van der Waals surface area contributed by atoms with Gasteiger partial charge in [0.15, 0.2) is 5.82 Å². The molecule has 0 radical (unpaired) electrons. The number of hydrogen-bond acceptors (Lipinski definition) is 5. The highest BCUT2D eigenvalue weighted by atomic mass is 16.5. The first kappa shape index (κ1) is 18.7. The molecule has 28 heavy (non-hydrogen) atoms. The van der Waals surface area contributed by atoms with Crippen molar-refractivity contribution < 1.29 is 9.47 Å². The van der Waals surface area contributed by atoms with Crippen LogP contribution in [0.15, 0.2) is 36.5 Å². The van der Waals surface area contributed by atoms with Gasteiger partial charge in [-0.2, -0.15) is 0 Å². The van der Waals surface area contributed by atoms with Gasteiger partial charge in [0, 0.05) is 23.7 Å². The van der Waals surface area contributed by atoms with Crippen molar-refractivity contribution >= 4 is 10.9 Å². The molecular formula is C23H27N3O2. The number of aryl methyl sites for hydroxylation is 2. The molecule has 0 amide bonds. The van der Waals surface area contributed by atoms with Crippen molar-refractivity contribution in [1.82, 2.24) is 14.9 Å². The lowest BCUT2D eigenvalue weighted by molar-refractivity contribution is 0.236. The van der Waals surface area contributed by atoms with Gasteiger partial charge in [0.2, 0.25) is 0 Å². The van der Waals surface area contributed by atoms with E-state index in [1.165, 1.54) is 25.9 Å². The molecular weight excluding hydrogens is 350 g/mol. The molecule has 0 spiro atoms. The SMILES string of the molecule is COc1cccc2cnc(-c3cc(C)c(OCCN4CCCC4)c(C)c3)nc12. The number of rotatable bonds is 6. The molecule has 1 aliphatic heterocycles. The number of nitrogens with zero attached hydrogens (tertiary/aromatic N) is 3. The molecule has 0 N–H and O–H groups in total. The standard InChI is InChI=1S/C23H27N3O2/c1-16-13-19(14-17(2)22(16)28-12-11-26-9-4-5-10-26)23-24-15-18-7-6-8-20(27-3)21(18)25-23/h6-8,13-15H,4-5,9-12H2,1-3H3. The second-order valence-corrected chi connectivity index (χ2v) is 7.43. The Morgan fingerprint density at radius 2 is 1.82 bits per heavy atom. The van der Waals surface area contributed by atoms with E-state index < -0.39 is 0 Å². The molecule has 4 rings (SSSR count). The van der Waals surface area contributed by atoms with E-state index in [9.17, 15) is 0 Å². The van der Waals surface area contributed by atoms with Crippen LogP contribution in [0.2, 0.25) is 0 Å². The summed E-state index contributed by atoms with van der Waals surface area (Å²) in [5, 5.41) is 0.971. The predicted molar refractivity (Wildman–Crippen MR) is 112 cm³/mol. The van der Waals surface area contributed by atoms with Crippen LogP contribution in [0.5, 0.6) is 11.5 Å². The monoisotopic (exact) mass is 377 g/mol. The molecule has 0 saturated carbocycles. The third kappa shape index (κ3) is 3.80. The summed E-state index contributed by atoms with van der Waals surface area (Å²) >= 11 is 0. The van der Waals surface area contributed by atoms with E-state index >= 15 is 0 Å². The molecule has 1 fully saturated rings. The van der Waals surface area contributed by atoms with Crippen molar-refractivity contribution in [2.75, 3.05) is 33.4 Å². The number of fused-ring (bicyclic) bond motifs is 1. The summed E-state index contributed by atoms with van der Waals surface area (Å²) in [6.45, 7) is 8.29. The van der Waals surface area contributed by atoms with Gasteiger partial charge < -0.3 is 9.47 Å². The number of benzene rings is 2. The summed E-state index contributed by atoms with van der Waals surface area (Å²) in [5.41, 5.74) is 4.05. The molecule has 3 aromatic rings. The summed E-state index contributed by atoms with van der Waals surface area (Å²) in [6, 6.07) is 10.1. The Morgan fingerprint density at radius 1 is 1.07 bits per heavy atom. The Bertz CT molecular complexity index is 958. The first-order valence-electron chi connectivity index (χ1n) is 9.92. The quantitative estimate of drug-likeness (QED) is 0.637. The van der Waals surface area contributed by atoms with Crippen molar-refractivity contribution in [2.24, 2.45) is 0 Å². The van der Waals surface area contributed by atoms with Gasteiger partial charge in [-0.3, -0.25) is 4.90 Å². The van der Waals surface area contributed by atoms with Crippen LogP contribution in [-0.2, 0) is 0 Å². The van der Waals surface area contributed by atoms with Crippen LogP contribution in [-0.4, -0.2) is 48.2 Å². The maximum absolute atomic E-state index is 6.12. The van der Waals surface area contributed by atoms with Crippen molar-refractivity contribution in [3.63, 3.8) is 0 Å². The lowest BCUT2D eigenvalue weighted by Crippen LogP contribution is -2.25. The van der Waals surface area contributed by atoms with Gasteiger partial charge in [-0.25, -0.2) is 9.97 Å². The highest BCUT2D eigenvalue weighted by Gasteiger charge is 2.14. The zero-order valence-corrected chi connectivity index (χ0v) is 16.9. The topological polar surface area (TPSA) is 47.5 Å². The molecule has 146 valence electrons. The van der Waals surface area contributed by atoms with Gasteiger partial charge in [0.1, 0.15) is 23.6 Å². The Morgan fingerprint density at radius 3 is 2.54 bits per heavy atom. The number of hydrogen-bond donors (Lipinski definition) is 0. The Balaban J connectivity index is 1.57. The minimum atomic E-state index is 0.701. The third-order valence-corrected chi connectivity index (χ3v) is 5.36. The summed E-state index contributed by atoms with van der Waals surface area (Å²) in [5.74, 6) is 2.43. The van der Waals surface area contributed by atoms with Crippen LogP contribution in [0.3, 0.4) is 0 Å². The predicted octanol–water partition coefficient (Wildman–Crippen LogP) is 4.40. The van der Waals surface area contributed by atoms with E-state index in [1.807, 2.05) is 24.4 Å². The van der Waals surface area contributed by atoms with E-state index in [0.717, 1.165) is 52.2 Å². The number of likely N-dealkylation sites (tertiary alicyclic amines) is 1. The van der Waals surface area contributed by atoms with Gasteiger partial charge in [-0.05, 0) is 69.1 Å². The second-order valence-electron chi connectivity index (χ2n) is 7.43. The highest BCUT2D eigenvalue weighted by Crippen LogP contribution is 2.31. The summed E-state index contributed by atoms with van der Waals surface area (Å²) in [4.78, 5) is 11.8. The fourth-order valence-corrected chi connectivity index (χ4v) is 3.92. The molecule has 0 aliphatic carbocycles. The Labute approximate surface area is 166 Å². The maximum Gasteiger partial charge on any atom is 0.159 e. The fraction of sp³-hybridized carbons (Fsp3) is 0.391. The minimum absolute atomic E-state index is 0.701. The molecule has 2 heterocycles. The third-order valence-electron chi connectivity index (χ3n) is 5.36. The normalized spacial score (nSPS) is 14.5. The largest absolute Gasteiger partial charge is 0.494 e. The molecule has 1 aromatic heterocycles. The highest BCUT2D eigenvalue weighted by molar-refractivity contribution is 5.85. The van der Waals surface area contributed by atoms with Gasteiger partial charge in [0.25, 0.3) is 0 Å². The first-order valence-corrected chi connectivity index (χ1v) is 9.92. The number of ether oxygens (including phenoxy) is 2. The molecule has 1 saturated heterocycles. The van der Waals surface area contributed by atoms with E-state index in [2.05, 4.69) is 35.9 Å². The molecule has 5 heteroatoms. The average molecular weight is 377 g/mol. The Kier molecular flexibility index (Phi) is 5.44. The molecule has 0 atom stereocenters. The average Bonchev–Trinajstić information content (AvgIpc) is 3.22. The summed E-state index contributed by atoms with van der Waals surface area (Å²) < 4.78 is 11.6. The lowest BCUT2D eigenvalue weighted by atomic mass is 10.0. The van der Waals surface area contributed by atoms with Gasteiger partial charge >= 0.3 is 0 Å². The van der Waals surface area contributed by atoms with Gasteiger partial charge in [-0.1, -0.05) is 12.1 Å². The van der Waals surface area contributed by atoms with Crippen LogP contribution >= 0.6 is 0 Å². The molecule has 2 aromatic carbocycles. The van der Waals surface area contributed by atoms with Crippen LogP contribution in [0.25, 0.3) is 22.3 Å².